The van der Waals surface area contributed by atoms with Gasteiger partial charge in [-0.15, -0.1) is 0 Å². The number of nitrogens with one attached hydrogen (secondary N) is 1. The number of benzene rings is 2. The van der Waals surface area contributed by atoms with Crippen LogP contribution in [0.1, 0.15) is 34.1 Å². The Hall–Kier alpha value is -3.66. The molecular formula is C26H24F2N4O3S. The summed E-state index contributed by atoms with van der Waals surface area (Å²) in [6, 6.07) is 13.3. The van der Waals surface area contributed by atoms with Gasteiger partial charge in [0.1, 0.15) is 11.6 Å². The van der Waals surface area contributed by atoms with Crippen LogP contribution in [-0.2, 0) is 16.3 Å². The normalized spacial score (nSPS) is 16.9. The monoisotopic (exact) mass is 510 g/mol. The van der Waals surface area contributed by atoms with Gasteiger partial charge < -0.3 is 5.32 Å². The molecule has 7 nitrogen and oxygen atoms in total. The molecule has 1 unspecified atom stereocenters. The van der Waals surface area contributed by atoms with E-state index >= 15 is 0 Å². The molecule has 1 fully saturated rings. The van der Waals surface area contributed by atoms with Crippen LogP contribution in [0.4, 0.5) is 8.78 Å². The molecule has 36 heavy (non-hydrogen) atoms. The molecule has 186 valence electrons. The van der Waals surface area contributed by atoms with Gasteiger partial charge >= 0.3 is 0 Å². The van der Waals surface area contributed by atoms with E-state index in [1.54, 1.807) is 48.0 Å². The maximum absolute atomic E-state index is 14.7. The number of hydrogen-bond donors (Lipinski definition) is 1. The van der Waals surface area contributed by atoms with Crippen molar-refractivity contribution in [2.24, 2.45) is 0 Å². The van der Waals surface area contributed by atoms with Crippen LogP contribution in [-0.4, -0.2) is 47.1 Å². The van der Waals surface area contributed by atoms with Gasteiger partial charge in [-0.05, 0) is 55.7 Å². The second-order valence-electron chi connectivity index (χ2n) is 8.95. The molecule has 5 rings (SSSR count). The Balaban J connectivity index is 1.55. The lowest BCUT2D eigenvalue weighted by molar-refractivity contribution is 0.0955. The average molecular weight is 511 g/mol. The predicted molar refractivity (Wildman–Crippen MR) is 132 cm³/mol. The van der Waals surface area contributed by atoms with Crippen LogP contribution in [0.2, 0.25) is 0 Å². The number of rotatable bonds is 6. The van der Waals surface area contributed by atoms with Crippen molar-refractivity contribution in [3.63, 3.8) is 0 Å². The van der Waals surface area contributed by atoms with E-state index in [2.05, 4.69) is 15.4 Å². The fourth-order valence-corrected chi connectivity index (χ4v) is 6.28. The molecule has 0 bridgehead atoms. The Morgan fingerprint density at radius 1 is 1.14 bits per heavy atom. The molecule has 2 aromatic heterocycles. The van der Waals surface area contributed by atoms with E-state index in [9.17, 15) is 22.0 Å². The molecular weight excluding hydrogens is 486 g/mol. The number of carbonyl (C=O) groups excluding carboxylic acids is 1. The van der Waals surface area contributed by atoms with Crippen LogP contribution in [0, 0.1) is 18.6 Å². The highest BCUT2D eigenvalue weighted by molar-refractivity contribution is 7.91. The Bertz CT molecular complexity index is 1570. The number of aromatic nitrogens is 3. The highest BCUT2D eigenvalue weighted by atomic mass is 32.2. The third-order valence-corrected chi connectivity index (χ3v) is 8.15. The SMILES string of the molecule is Cc1nn(C2CCS(=O)(=O)C2)c2nc(-c3ccccc3F)cc(C(=O)NCCc3ccc(F)cc3)c12. The van der Waals surface area contributed by atoms with Crippen LogP contribution in [0.5, 0.6) is 0 Å². The highest BCUT2D eigenvalue weighted by Crippen LogP contribution is 2.32. The molecule has 1 atom stereocenters. The second-order valence-corrected chi connectivity index (χ2v) is 11.2. The van der Waals surface area contributed by atoms with Gasteiger partial charge in [0.15, 0.2) is 15.5 Å². The first-order chi connectivity index (χ1) is 17.2. The molecule has 0 saturated carbocycles. The molecule has 1 saturated heterocycles. The van der Waals surface area contributed by atoms with Crippen molar-refractivity contribution in [3.8, 4) is 11.3 Å². The number of hydrogen-bond acceptors (Lipinski definition) is 5. The lowest BCUT2D eigenvalue weighted by atomic mass is 10.0. The van der Waals surface area contributed by atoms with Crippen molar-refractivity contribution < 1.29 is 22.0 Å². The molecule has 0 radical (unpaired) electrons. The zero-order valence-electron chi connectivity index (χ0n) is 19.5. The zero-order valence-corrected chi connectivity index (χ0v) is 20.4. The molecule has 0 spiro atoms. The van der Waals surface area contributed by atoms with Crippen molar-refractivity contribution in [2.45, 2.75) is 25.8 Å². The molecule has 3 heterocycles. The van der Waals surface area contributed by atoms with Gasteiger partial charge in [-0.2, -0.15) is 5.10 Å². The molecule has 1 amide bonds. The van der Waals surface area contributed by atoms with E-state index in [4.69, 9.17) is 0 Å². The fraction of sp³-hybridized carbons (Fsp3) is 0.269. The molecule has 0 aliphatic carbocycles. The molecule has 1 aliphatic heterocycles. The van der Waals surface area contributed by atoms with Crippen LogP contribution in [0.3, 0.4) is 0 Å². The fourth-order valence-electron chi connectivity index (χ4n) is 4.59. The van der Waals surface area contributed by atoms with Gasteiger partial charge in [0.05, 0.1) is 39.9 Å². The molecule has 2 aromatic carbocycles. The van der Waals surface area contributed by atoms with Crippen molar-refractivity contribution in [3.05, 3.63) is 83.1 Å². The third-order valence-electron chi connectivity index (χ3n) is 6.40. The first kappa shape index (κ1) is 24.1. The van der Waals surface area contributed by atoms with Gasteiger partial charge in [-0.25, -0.2) is 26.9 Å². The van der Waals surface area contributed by atoms with E-state index in [1.165, 1.54) is 18.2 Å². The average Bonchev–Trinajstić information content (AvgIpc) is 3.38. The quantitative estimate of drug-likeness (QED) is 0.423. The van der Waals surface area contributed by atoms with Crippen LogP contribution in [0.25, 0.3) is 22.3 Å². The molecule has 10 heteroatoms. The number of amides is 1. The second kappa shape index (κ2) is 9.42. The van der Waals surface area contributed by atoms with Gasteiger partial charge in [0.25, 0.3) is 5.91 Å². The van der Waals surface area contributed by atoms with Gasteiger partial charge in [-0.1, -0.05) is 24.3 Å². The summed E-state index contributed by atoms with van der Waals surface area (Å²) < 4.78 is 53.6. The minimum Gasteiger partial charge on any atom is -0.352 e. The van der Waals surface area contributed by atoms with E-state index in [0.717, 1.165) is 5.56 Å². The Labute approximate surface area is 207 Å². The summed E-state index contributed by atoms with van der Waals surface area (Å²) in [5.41, 5.74) is 2.51. The molecule has 4 aromatic rings. The maximum atomic E-state index is 14.7. The minimum atomic E-state index is -3.19. The number of halogens is 2. The van der Waals surface area contributed by atoms with Crippen LogP contribution in [0.15, 0.2) is 54.6 Å². The summed E-state index contributed by atoms with van der Waals surface area (Å²) in [7, 11) is -3.19. The number of fused-ring (bicyclic) bond motifs is 1. The lowest BCUT2D eigenvalue weighted by Gasteiger charge is -2.13. The van der Waals surface area contributed by atoms with Crippen molar-refractivity contribution in [1.82, 2.24) is 20.1 Å². The summed E-state index contributed by atoms with van der Waals surface area (Å²) in [6.07, 6.45) is 0.891. The summed E-state index contributed by atoms with van der Waals surface area (Å²) in [6.45, 7) is 2.04. The minimum absolute atomic E-state index is 0.0573. The number of nitrogens with zero attached hydrogens (tertiary/aromatic N) is 3. The van der Waals surface area contributed by atoms with Crippen LogP contribution >= 0.6 is 0 Å². The van der Waals surface area contributed by atoms with E-state index in [-0.39, 0.29) is 40.1 Å². The lowest BCUT2D eigenvalue weighted by Crippen LogP contribution is -2.26. The standard InChI is InChI=1S/C26H24F2N4O3S/c1-16-24-21(26(33)29-12-10-17-6-8-18(27)9-7-17)14-23(20-4-2-3-5-22(20)28)30-25(24)32(31-16)19-11-13-36(34,35)15-19/h2-9,14,19H,10-13,15H2,1H3,(H,29,33). The smallest absolute Gasteiger partial charge is 0.252 e. The summed E-state index contributed by atoms with van der Waals surface area (Å²) in [5.74, 6) is -1.21. The van der Waals surface area contributed by atoms with E-state index in [1.807, 2.05) is 0 Å². The Morgan fingerprint density at radius 2 is 1.89 bits per heavy atom. The van der Waals surface area contributed by atoms with E-state index in [0.29, 0.717) is 36.1 Å². The first-order valence-electron chi connectivity index (χ1n) is 11.6. The molecule has 1 aliphatic rings. The van der Waals surface area contributed by atoms with Crippen molar-refractivity contribution in [2.75, 3.05) is 18.1 Å². The summed E-state index contributed by atoms with van der Waals surface area (Å²) in [4.78, 5) is 18.0. The first-order valence-corrected chi connectivity index (χ1v) is 13.4. The Kier molecular flexibility index (Phi) is 6.29. The van der Waals surface area contributed by atoms with Crippen LogP contribution < -0.4 is 5.32 Å². The largest absolute Gasteiger partial charge is 0.352 e. The summed E-state index contributed by atoms with van der Waals surface area (Å²) in [5, 5.41) is 7.93. The third kappa shape index (κ3) is 4.73. The zero-order chi connectivity index (χ0) is 25.4. The van der Waals surface area contributed by atoms with Gasteiger partial charge in [-0.3, -0.25) is 4.79 Å². The van der Waals surface area contributed by atoms with Crippen molar-refractivity contribution >= 4 is 26.8 Å². The Morgan fingerprint density at radius 3 is 2.58 bits per heavy atom. The number of carbonyl (C=O) groups is 1. The topological polar surface area (TPSA) is 93.9 Å². The summed E-state index contributed by atoms with van der Waals surface area (Å²) >= 11 is 0. The number of aryl methyl sites for hydroxylation is 1. The van der Waals surface area contributed by atoms with Crippen molar-refractivity contribution in [1.29, 1.82) is 0 Å². The van der Waals surface area contributed by atoms with Gasteiger partial charge in [0, 0.05) is 12.1 Å². The number of pyridine rings is 1. The van der Waals surface area contributed by atoms with E-state index < -0.39 is 21.7 Å². The van der Waals surface area contributed by atoms with Gasteiger partial charge in [0.2, 0.25) is 0 Å². The number of sulfone groups is 1. The molecule has 1 N–H and O–H groups in total. The predicted octanol–water partition coefficient (Wildman–Crippen LogP) is 4.02. The maximum Gasteiger partial charge on any atom is 0.252 e. The highest BCUT2D eigenvalue weighted by Gasteiger charge is 2.32.